The fraction of sp³-hybridized carbons (Fsp3) is 0.160. The van der Waals surface area contributed by atoms with Gasteiger partial charge in [-0.15, -0.1) is 0 Å². The van der Waals surface area contributed by atoms with Gasteiger partial charge in [0.1, 0.15) is 0 Å². The molecule has 0 amide bonds. The second-order valence-electron chi connectivity index (χ2n) is 7.33. The number of hydrogen-bond acceptors (Lipinski definition) is 1. The molecule has 4 rings (SSSR count). The first-order chi connectivity index (χ1) is 13.0. The molecule has 0 aliphatic heterocycles. The quantitative estimate of drug-likeness (QED) is 0.359. The second kappa shape index (κ2) is 6.55. The number of allylic oxidation sites excluding steroid dienone is 2. The minimum absolute atomic E-state index is 0.655. The topological polar surface area (TPSA) is 17.3 Å². The third kappa shape index (κ3) is 2.97. The Labute approximate surface area is 160 Å². The van der Waals surface area contributed by atoms with E-state index >= 15 is 0 Å². The van der Waals surface area contributed by atoms with E-state index in [4.69, 9.17) is 0 Å². The van der Waals surface area contributed by atoms with Gasteiger partial charge < -0.3 is 4.57 Å². The van der Waals surface area contributed by atoms with E-state index in [0.717, 1.165) is 17.0 Å². The lowest BCUT2D eigenvalue weighted by atomic mass is 10.1. The number of aryl methyl sites for hydroxylation is 1. The molecule has 0 bridgehead atoms. The van der Waals surface area contributed by atoms with Gasteiger partial charge >= 0.3 is 0 Å². The van der Waals surface area contributed by atoms with E-state index in [1.807, 2.05) is 13.8 Å². The van der Waals surface area contributed by atoms with Crippen LogP contribution in [-0.4, -0.2) is 10.3 Å². The molecule has 2 heteroatoms. The fourth-order valence-corrected chi connectivity index (χ4v) is 3.69. The first-order valence-electron chi connectivity index (χ1n) is 9.25. The molecule has 0 atom stereocenters. The van der Waals surface area contributed by atoms with E-state index in [9.17, 15) is 0 Å². The van der Waals surface area contributed by atoms with E-state index in [0.29, 0.717) is 6.54 Å². The van der Waals surface area contributed by atoms with E-state index in [-0.39, 0.29) is 0 Å². The molecule has 1 heterocycles. The molecule has 0 aliphatic carbocycles. The van der Waals surface area contributed by atoms with Gasteiger partial charge in [-0.2, -0.15) is 0 Å². The molecule has 0 aliphatic rings. The van der Waals surface area contributed by atoms with Crippen LogP contribution in [0.3, 0.4) is 0 Å². The molecule has 0 saturated carbocycles. The van der Waals surface area contributed by atoms with Gasteiger partial charge in [-0.1, -0.05) is 61.7 Å². The number of rotatable bonds is 4. The molecule has 0 unspecified atom stereocenters. The summed E-state index contributed by atoms with van der Waals surface area (Å²) in [6.45, 7) is 14.9. The minimum Gasteiger partial charge on any atom is -0.334 e. The third-order valence-corrected chi connectivity index (χ3v) is 5.19. The number of hydrogen-bond donors (Lipinski definition) is 0. The Bertz CT molecular complexity index is 1250. The Morgan fingerprint density at radius 2 is 1.67 bits per heavy atom. The van der Waals surface area contributed by atoms with Crippen molar-refractivity contribution >= 4 is 38.3 Å². The Balaban J connectivity index is 2.02. The predicted octanol–water partition coefficient (Wildman–Crippen LogP) is 6.81. The summed E-state index contributed by atoms with van der Waals surface area (Å²) in [5.74, 6) is 0. The number of nitrogens with zero attached hydrogens (tertiary/aromatic N) is 2. The minimum atomic E-state index is 0.655. The van der Waals surface area contributed by atoms with Crippen LogP contribution in [0.2, 0.25) is 0 Å². The Kier molecular flexibility index (Phi) is 4.19. The summed E-state index contributed by atoms with van der Waals surface area (Å²) < 4.78 is 2.36. The van der Waals surface area contributed by atoms with Crippen molar-refractivity contribution in [2.75, 3.05) is 0 Å². The summed E-state index contributed by atoms with van der Waals surface area (Å²) in [6.07, 6.45) is 0. The first kappa shape index (κ1) is 17.3. The first-order valence-corrected chi connectivity index (χ1v) is 9.25. The van der Waals surface area contributed by atoms with Gasteiger partial charge in [0.05, 0.1) is 17.8 Å². The molecule has 0 spiro atoms. The molecule has 27 heavy (non-hydrogen) atoms. The van der Waals surface area contributed by atoms with Crippen molar-refractivity contribution in [2.45, 2.75) is 27.3 Å². The summed E-state index contributed by atoms with van der Waals surface area (Å²) in [5.41, 5.74) is 6.47. The standard InChI is InChI=1S/C25H24N2/c1-16(2)19(5)26-18(4)15-27-24-14-17(3)10-12-22(24)23-13-11-20-8-6-7-9-21(20)25(23)27/h6-14H,1,4,15H2,2-3,5H3. The van der Waals surface area contributed by atoms with Crippen molar-refractivity contribution in [1.82, 2.24) is 4.57 Å². The zero-order chi connectivity index (χ0) is 19.1. The monoisotopic (exact) mass is 352 g/mol. The number of benzene rings is 3. The van der Waals surface area contributed by atoms with Crippen LogP contribution < -0.4 is 0 Å². The highest BCUT2D eigenvalue weighted by atomic mass is 15.0. The lowest BCUT2D eigenvalue weighted by Crippen LogP contribution is -2.02. The van der Waals surface area contributed by atoms with Crippen LogP contribution in [0.5, 0.6) is 0 Å². The van der Waals surface area contributed by atoms with Gasteiger partial charge in [0.15, 0.2) is 0 Å². The van der Waals surface area contributed by atoms with Crippen molar-refractivity contribution in [3.8, 4) is 0 Å². The van der Waals surface area contributed by atoms with Crippen LogP contribution in [0.25, 0.3) is 32.6 Å². The van der Waals surface area contributed by atoms with Crippen LogP contribution in [0.15, 0.2) is 84.0 Å². The van der Waals surface area contributed by atoms with Crippen LogP contribution in [-0.2, 0) is 6.54 Å². The molecule has 0 radical (unpaired) electrons. The molecule has 0 N–H and O–H groups in total. The molecular weight excluding hydrogens is 328 g/mol. The Morgan fingerprint density at radius 1 is 0.926 bits per heavy atom. The second-order valence-corrected chi connectivity index (χ2v) is 7.33. The summed E-state index contributed by atoms with van der Waals surface area (Å²) in [7, 11) is 0. The smallest absolute Gasteiger partial charge is 0.0648 e. The zero-order valence-corrected chi connectivity index (χ0v) is 16.2. The maximum absolute atomic E-state index is 4.67. The van der Waals surface area contributed by atoms with Crippen molar-refractivity contribution < 1.29 is 0 Å². The predicted molar refractivity (Wildman–Crippen MR) is 119 cm³/mol. The van der Waals surface area contributed by atoms with Crippen LogP contribution in [0.1, 0.15) is 19.4 Å². The molecule has 0 saturated heterocycles. The number of fused-ring (bicyclic) bond motifs is 5. The fourth-order valence-electron chi connectivity index (χ4n) is 3.69. The van der Waals surface area contributed by atoms with E-state index in [1.165, 1.54) is 38.1 Å². The average Bonchev–Trinajstić information content (AvgIpc) is 2.95. The lowest BCUT2D eigenvalue weighted by molar-refractivity contribution is 0.844. The normalized spacial score (nSPS) is 12.2. The highest BCUT2D eigenvalue weighted by Crippen LogP contribution is 2.35. The maximum Gasteiger partial charge on any atom is 0.0648 e. The van der Waals surface area contributed by atoms with Crippen LogP contribution >= 0.6 is 0 Å². The van der Waals surface area contributed by atoms with E-state index in [1.54, 1.807) is 0 Å². The number of aromatic nitrogens is 1. The van der Waals surface area contributed by atoms with Gasteiger partial charge in [-0.05, 0) is 43.4 Å². The molecule has 4 aromatic rings. The van der Waals surface area contributed by atoms with Crippen molar-refractivity contribution in [1.29, 1.82) is 0 Å². The van der Waals surface area contributed by atoms with Gasteiger partial charge in [-0.3, -0.25) is 4.99 Å². The van der Waals surface area contributed by atoms with Gasteiger partial charge in [0.25, 0.3) is 0 Å². The molecule has 3 aromatic carbocycles. The van der Waals surface area contributed by atoms with Crippen molar-refractivity contribution in [2.24, 2.45) is 4.99 Å². The Morgan fingerprint density at radius 3 is 2.44 bits per heavy atom. The zero-order valence-electron chi connectivity index (χ0n) is 16.2. The van der Waals surface area contributed by atoms with Crippen molar-refractivity contribution in [3.63, 3.8) is 0 Å². The van der Waals surface area contributed by atoms with E-state index < -0.39 is 0 Å². The SMILES string of the molecule is C=C(Cn1c2cc(C)ccc2c2ccc3ccccc3c21)N=C(C)C(=C)C. The van der Waals surface area contributed by atoms with Crippen molar-refractivity contribution in [3.05, 3.63) is 84.6 Å². The summed E-state index contributed by atoms with van der Waals surface area (Å²) in [6, 6.07) is 19.7. The molecule has 2 nitrogen and oxygen atoms in total. The number of aliphatic imine (C=N–C) groups is 1. The third-order valence-electron chi connectivity index (χ3n) is 5.19. The van der Waals surface area contributed by atoms with Crippen LogP contribution in [0.4, 0.5) is 0 Å². The van der Waals surface area contributed by atoms with E-state index in [2.05, 4.69) is 84.2 Å². The molecule has 0 fully saturated rings. The largest absolute Gasteiger partial charge is 0.334 e. The van der Waals surface area contributed by atoms with Gasteiger partial charge in [0, 0.05) is 27.4 Å². The molecule has 1 aromatic heterocycles. The highest BCUT2D eigenvalue weighted by Gasteiger charge is 2.14. The summed E-state index contributed by atoms with van der Waals surface area (Å²) in [4.78, 5) is 4.67. The Hall–Kier alpha value is -3.13. The average molecular weight is 352 g/mol. The summed E-state index contributed by atoms with van der Waals surface area (Å²) >= 11 is 0. The highest BCUT2D eigenvalue weighted by molar-refractivity contribution is 6.17. The molecule has 134 valence electrons. The van der Waals surface area contributed by atoms with Gasteiger partial charge in [-0.25, -0.2) is 0 Å². The molecular formula is C25H24N2. The maximum atomic E-state index is 4.67. The van der Waals surface area contributed by atoms with Crippen LogP contribution in [0, 0.1) is 6.92 Å². The van der Waals surface area contributed by atoms with Gasteiger partial charge in [0.2, 0.25) is 0 Å². The summed E-state index contributed by atoms with van der Waals surface area (Å²) in [5, 5.41) is 5.06. The lowest BCUT2D eigenvalue weighted by Gasteiger charge is -2.10.